The van der Waals surface area contributed by atoms with E-state index in [9.17, 15) is 0 Å². The van der Waals surface area contributed by atoms with Crippen LogP contribution in [0.1, 0.15) is 49.8 Å². The van der Waals surface area contributed by atoms with Crippen LogP contribution in [0.15, 0.2) is 66.2 Å². The maximum Gasteiger partial charge on any atom is 0.0393 e. The van der Waals surface area contributed by atoms with Gasteiger partial charge in [0.25, 0.3) is 0 Å². The van der Waals surface area contributed by atoms with E-state index in [1.165, 1.54) is 36.0 Å². The van der Waals surface area contributed by atoms with Gasteiger partial charge in [-0.1, -0.05) is 79.6 Å². The maximum absolute atomic E-state index is 6.26. The van der Waals surface area contributed by atoms with Crippen LogP contribution in [0.25, 0.3) is 11.8 Å². The Bertz CT molecular complexity index is 665. The smallest absolute Gasteiger partial charge is 0.0393 e. The largest absolute Gasteiger partial charge is 0.398 e. The molecule has 0 heterocycles. The highest BCUT2D eigenvalue weighted by Crippen LogP contribution is 2.18. The van der Waals surface area contributed by atoms with Crippen LogP contribution in [-0.2, 0) is 6.42 Å². The first kappa shape index (κ1) is 17.1. The third kappa shape index (κ3) is 5.45. The van der Waals surface area contributed by atoms with Gasteiger partial charge in [-0.25, -0.2) is 0 Å². The van der Waals surface area contributed by atoms with Crippen molar-refractivity contribution in [2.75, 3.05) is 0 Å². The molecule has 120 valence electrons. The van der Waals surface area contributed by atoms with Crippen LogP contribution in [0.3, 0.4) is 0 Å². The Morgan fingerprint density at radius 3 is 2.43 bits per heavy atom. The Hall–Kier alpha value is -2.28. The number of hydrogen-bond acceptors (Lipinski definition) is 1. The lowest BCUT2D eigenvalue weighted by Gasteiger charge is -2.07. The summed E-state index contributed by atoms with van der Waals surface area (Å²) in [4.78, 5) is 0. The Balaban J connectivity index is 2.18. The lowest BCUT2D eigenvalue weighted by Crippen LogP contribution is -1.97. The summed E-state index contributed by atoms with van der Waals surface area (Å²) in [5.41, 5.74) is 12.1. The molecule has 0 saturated heterocycles. The number of allylic oxidation sites excluding steroid dienone is 2. The molecule has 0 radical (unpaired) electrons. The van der Waals surface area contributed by atoms with E-state index in [-0.39, 0.29) is 0 Å². The van der Waals surface area contributed by atoms with Crippen molar-refractivity contribution >= 4 is 11.8 Å². The van der Waals surface area contributed by atoms with Gasteiger partial charge in [0.05, 0.1) is 0 Å². The molecule has 0 fully saturated rings. The molecule has 23 heavy (non-hydrogen) atoms. The Kier molecular flexibility index (Phi) is 6.68. The first-order valence-electron chi connectivity index (χ1n) is 8.47. The summed E-state index contributed by atoms with van der Waals surface area (Å²) in [6.07, 6.45) is 9.11. The van der Waals surface area contributed by atoms with Crippen molar-refractivity contribution < 1.29 is 0 Å². The topological polar surface area (TPSA) is 26.0 Å². The minimum atomic E-state index is 0.810. The van der Waals surface area contributed by atoms with Crippen molar-refractivity contribution in [1.29, 1.82) is 0 Å². The molecular weight excluding hydrogens is 278 g/mol. The lowest BCUT2D eigenvalue weighted by molar-refractivity contribution is 0.784. The average Bonchev–Trinajstić information content (AvgIpc) is 2.60. The van der Waals surface area contributed by atoms with Crippen molar-refractivity contribution in [1.82, 2.24) is 0 Å². The van der Waals surface area contributed by atoms with Crippen LogP contribution in [-0.4, -0.2) is 0 Å². The zero-order valence-electron chi connectivity index (χ0n) is 14.3. The van der Waals surface area contributed by atoms with Gasteiger partial charge in [0.2, 0.25) is 0 Å². The van der Waals surface area contributed by atoms with Crippen molar-refractivity contribution in [2.45, 2.75) is 39.5 Å². The highest BCUT2D eigenvalue weighted by atomic mass is 14.6. The molecule has 2 aromatic rings. The third-order valence-electron chi connectivity index (χ3n) is 4.07. The van der Waals surface area contributed by atoms with Gasteiger partial charge in [-0.3, -0.25) is 0 Å². The molecule has 0 aliphatic carbocycles. The van der Waals surface area contributed by atoms with Gasteiger partial charge in [0.15, 0.2) is 0 Å². The summed E-state index contributed by atoms with van der Waals surface area (Å²) < 4.78 is 0. The molecule has 1 heteroatoms. The maximum atomic E-state index is 6.26. The SMILES string of the molecule is CCCC/C(C)=C\Cc1ccccc1/C=C(\N)c1ccccc1. The predicted molar refractivity (Wildman–Crippen MR) is 102 cm³/mol. The molecule has 0 aromatic heterocycles. The van der Waals surface area contributed by atoms with E-state index in [1.807, 2.05) is 30.3 Å². The standard InChI is InChI=1S/C22H27N/c1-3-4-10-18(2)15-16-19-11-8-9-14-21(19)17-22(23)20-12-6-5-7-13-20/h5-9,11-15,17H,3-4,10,16,23H2,1-2H3/b18-15-,22-17-. The first-order chi connectivity index (χ1) is 11.2. The van der Waals surface area contributed by atoms with Crippen LogP contribution in [0.5, 0.6) is 0 Å². The van der Waals surface area contributed by atoms with Gasteiger partial charge >= 0.3 is 0 Å². The molecule has 2 rings (SSSR count). The molecule has 1 nitrogen and oxygen atoms in total. The highest BCUT2D eigenvalue weighted by Gasteiger charge is 2.01. The summed E-state index contributed by atoms with van der Waals surface area (Å²) in [5.74, 6) is 0. The van der Waals surface area contributed by atoms with Crippen molar-refractivity contribution in [3.63, 3.8) is 0 Å². The number of nitrogens with two attached hydrogens (primary N) is 1. The van der Waals surface area contributed by atoms with Crippen molar-refractivity contribution in [3.05, 3.63) is 82.9 Å². The molecule has 0 unspecified atom stereocenters. The van der Waals surface area contributed by atoms with E-state index in [0.29, 0.717) is 0 Å². The number of rotatable bonds is 7. The van der Waals surface area contributed by atoms with Gasteiger partial charge in [-0.2, -0.15) is 0 Å². The third-order valence-corrected chi connectivity index (χ3v) is 4.07. The van der Waals surface area contributed by atoms with Crippen molar-refractivity contribution in [3.8, 4) is 0 Å². The molecule has 0 amide bonds. The van der Waals surface area contributed by atoms with Gasteiger partial charge in [-0.05, 0) is 49.0 Å². The summed E-state index contributed by atoms with van der Waals surface area (Å²) in [5, 5.41) is 0. The Morgan fingerprint density at radius 1 is 1.00 bits per heavy atom. The lowest BCUT2D eigenvalue weighted by atomic mass is 10.00. The molecular formula is C22H27N. The fraction of sp³-hybridized carbons (Fsp3) is 0.273. The second-order valence-corrected chi connectivity index (χ2v) is 6.02. The monoisotopic (exact) mass is 305 g/mol. The Labute approximate surface area is 140 Å². The minimum Gasteiger partial charge on any atom is -0.398 e. The van der Waals surface area contributed by atoms with Gasteiger partial charge in [0.1, 0.15) is 0 Å². The normalized spacial score (nSPS) is 12.4. The zero-order chi connectivity index (χ0) is 16.5. The fourth-order valence-electron chi connectivity index (χ4n) is 2.58. The number of unbranched alkanes of at least 4 members (excludes halogenated alkanes) is 1. The van der Waals surface area contributed by atoms with Crippen LogP contribution in [0, 0.1) is 0 Å². The van der Waals surface area contributed by atoms with E-state index in [2.05, 4.69) is 50.3 Å². The summed E-state index contributed by atoms with van der Waals surface area (Å²) in [6.45, 7) is 4.46. The molecule has 0 aliphatic heterocycles. The Morgan fingerprint density at radius 2 is 1.70 bits per heavy atom. The van der Waals surface area contributed by atoms with Crippen LogP contribution < -0.4 is 5.73 Å². The van der Waals surface area contributed by atoms with Crippen LogP contribution >= 0.6 is 0 Å². The quantitative estimate of drug-likeness (QED) is 0.506. The van der Waals surface area contributed by atoms with E-state index in [4.69, 9.17) is 5.73 Å². The van der Waals surface area contributed by atoms with E-state index >= 15 is 0 Å². The van der Waals surface area contributed by atoms with Crippen LogP contribution in [0.2, 0.25) is 0 Å². The minimum absolute atomic E-state index is 0.810. The molecule has 0 saturated carbocycles. The fourth-order valence-corrected chi connectivity index (χ4v) is 2.58. The predicted octanol–water partition coefficient (Wildman–Crippen LogP) is 5.82. The number of benzene rings is 2. The van der Waals surface area contributed by atoms with Gasteiger partial charge < -0.3 is 5.73 Å². The van der Waals surface area contributed by atoms with Gasteiger partial charge in [-0.15, -0.1) is 0 Å². The molecule has 0 spiro atoms. The van der Waals surface area contributed by atoms with Crippen molar-refractivity contribution in [2.24, 2.45) is 5.73 Å². The molecule has 2 N–H and O–H groups in total. The molecule has 0 aliphatic rings. The van der Waals surface area contributed by atoms with E-state index < -0.39 is 0 Å². The van der Waals surface area contributed by atoms with E-state index in [0.717, 1.165) is 17.7 Å². The average molecular weight is 305 g/mol. The van der Waals surface area contributed by atoms with E-state index in [1.54, 1.807) is 0 Å². The summed E-state index contributed by atoms with van der Waals surface area (Å²) >= 11 is 0. The summed E-state index contributed by atoms with van der Waals surface area (Å²) in [7, 11) is 0. The number of hydrogen-bond donors (Lipinski definition) is 1. The van der Waals surface area contributed by atoms with Gasteiger partial charge in [0, 0.05) is 5.70 Å². The second-order valence-electron chi connectivity index (χ2n) is 6.02. The molecule has 2 aromatic carbocycles. The molecule has 0 atom stereocenters. The highest BCUT2D eigenvalue weighted by molar-refractivity contribution is 5.80. The zero-order valence-corrected chi connectivity index (χ0v) is 14.3. The van der Waals surface area contributed by atoms with Crippen LogP contribution in [0.4, 0.5) is 0 Å². The first-order valence-corrected chi connectivity index (χ1v) is 8.47. The summed E-state index contributed by atoms with van der Waals surface area (Å²) in [6, 6.07) is 18.6. The molecule has 0 bridgehead atoms. The second kappa shape index (κ2) is 8.99.